The first-order valence-electron chi connectivity index (χ1n) is 7.54. The molecule has 2 amide bonds. The number of oxime groups is 1. The number of nitrogens with zero attached hydrogens (tertiary/aromatic N) is 1. The number of anilines is 1. The van der Waals surface area contributed by atoms with Gasteiger partial charge in [-0.2, -0.15) is 0 Å². The van der Waals surface area contributed by atoms with Crippen LogP contribution in [-0.2, 0) is 9.63 Å². The zero-order chi connectivity index (χ0) is 17.1. The van der Waals surface area contributed by atoms with Crippen molar-refractivity contribution in [3.8, 4) is 0 Å². The van der Waals surface area contributed by atoms with Gasteiger partial charge in [0.1, 0.15) is 5.71 Å². The molecule has 0 spiro atoms. The second kappa shape index (κ2) is 6.54. The number of primary amides is 1. The van der Waals surface area contributed by atoms with E-state index in [1.165, 1.54) is 0 Å². The lowest BCUT2D eigenvalue weighted by Gasteiger charge is -2.10. The lowest BCUT2D eigenvalue weighted by atomic mass is 10.0. The summed E-state index contributed by atoms with van der Waals surface area (Å²) < 4.78 is 0. The third kappa shape index (κ3) is 3.12. The molecule has 0 aromatic heterocycles. The molecular weight excluding hydrogens is 306 g/mol. The fraction of sp³-hybridized carbons (Fsp3) is 0.167. The van der Waals surface area contributed by atoms with Gasteiger partial charge in [-0.1, -0.05) is 41.6 Å². The molecule has 3 N–H and O–H groups in total. The molecule has 1 unspecified atom stereocenters. The van der Waals surface area contributed by atoms with Crippen LogP contribution in [0, 0.1) is 6.92 Å². The molecule has 2 aromatic rings. The second-order valence-corrected chi connectivity index (χ2v) is 5.54. The van der Waals surface area contributed by atoms with Crippen molar-refractivity contribution in [1.29, 1.82) is 0 Å². The van der Waals surface area contributed by atoms with Crippen molar-refractivity contribution < 1.29 is 14.4 Å². The molecule has 24 heavy (non-hydrogen) atoms. The molecule has 6 nitrogen and oxygen atoms in total. The summed E-state index contributed by atoms with van der Waals surface area (Å²) in [6, 6.07) is 14.6. The van der Waals surface area contributed by atoms with Crippen molar-refractivity contribution >= 4 is 23.2 Å². The van der Waals surface area contributed by atoms with E-state index in [2.05, 4.69) is 10.5 Å². The highest BCUT2D eigenvalue weighted by Crippen LogP contribution is 2.27. The molecule has 122 valence electrons. The summed E-state index contributed by atoms with van der Waals surface area (Å²) in [7, 11) is 0. The van der Waals surface area contributed by atoms with Crippen LogP contribution in [0.15, 0.2) is 53.7 Å². The van der Waals surface area contributed by atoms with Crippen molar-refractivity contribution in [1.82, 2.24) is 0 Å². The number of benzene rings is 2. The van der Waals surface area contributed by atoms with Crippen LogP contribution in [0.25, 0.3) is 0 Å². The van der Waals surface area contributed by atoms with Gasteiger partial charge in [-0.05, 0) is 30.2 Å². The van der Waals surface area contributed by atoms with Crippen molar-refractivity contribution in [2.45, 2.75) is 19.4 Å². The van der Waals surface area contributed by atoms with E-state index in [1.807, 2.05) is 30.3 Å². The molecule has 0 fully saturated rings. The van der Waals surface area contributed by atoms with Crippen LogP contribution in [0.5, 0.6) is 0 Å². The predicted molar refractivity (Wildman–Crippen MR) is 90.6 cm³/mol. The minimum atomic E-state index is -0.533. The lowest BCUT2D eigenvalue weighted by molar-refractivity contribution is -0.110. The minimum Gasteiger partial charge on any atom is -0.387 e. The van der Waals surface area contributed by atoms with Gasteiger partial charge in [-0.25, -0.2) is 0 Å². The topological polar surface area (TPSA) is 93.8 Å². The number of hydrogen-bond acceptors (Lipinski definition) is 4. The molecule has 0 saturated carbocycles. The Bertz CT molecular complexity index is 816. The summed E-state index contributed by atoms with van der Waals surface area (Å²) in [6.45, 7) is 1.73. The quantitative estimate of drug-likeness (QED) is 0.905. The van der Waals surface area contributed by atoms with Gasteiger partial charge in [0.25, 0.3) is 5.91 Å². The monoisotopic (exact) mass is 323 g/mol. The van der Waals surface area contributed by atoms with Crippen molar-refractivity contribution in [2.24, 2.45) is 10.9 Å². The Morgan fingerprint density at radius 3 is 2.62 bits per heavy atom. The largest absolute Gasteiger partial charge is 0.387 e. The maximum absolute atomic E-state index is 12.4. The van der Waals surface area contributed by atoms with Gasteiger partial charge >= 0.3 is 0 Å². The molecule has 1 aliphatic rings. The van der Waals surface area contributed by atoms with Gasteiger partial charge in [-0.3, -0.25) is 9.59 Å². The van der Waals surface area contributed by atoms with Crippen LogP contribution in [0.2, 0.25) is 0 Å². The average Bonchev–Trinajstić information content (AvgIpc) is 3.07. The van der Waals surface area contributed by atoms with Gasteiger partial charge in [0.15, 0.2) is 6.10 Å². The van der Waals surface area contributed by atoms with Crippen LogP contribution in [0.1, 0.15) is 34.0 Å². The number of carbonyl (C=O) groups is 2. The highest BCUT2D eigenvalue weighted by Gasteiger charge is 2.27. The Labute approximate surface area is 139 Å². The molecule has 0 bridgehead atoms. The SMILES string of the molecule is Cc1c(NC(=O)C2=NOC(c3ccccc3)C2)cccc1C(N)=O. The van der Waals surface area contributed by atoms with Gasteiger partial charge in [0.05, 0.1) is 0 Å². The van der Waals surface area contributed by atoms with E-state index in [9.17, 15) is 9.59 Å². The number of nitrogens with two attached hydrogens (primary N) is 1. The fourth-order valence-corrected chi connectivity index (χ4v) is 2.59. The summed E-state index contributed by atoms with van der Waals surface area (Å²) in [5.74, 6) is -0.882. The third-order valence-electron chi connectivity index (χ3n) is 3.95. The van der Waals surface area contributed by atoms with Crippen molar-refractivity contribution in [3.05, 3.63) is 65.2 Å². The Morgan fingerprint density at radius 2 is 1.92 bits per heavy atom. The average molecular weight is 323 g/mol. The highest BCUT2D eigenvalue weighted by molar-refractivity contribution is 6.43. The molecular formula is C18H17N3O3. The molecule has 6 heteroatoms. The van der Waals surface area contributed by atoms with E-state index in [4.69, 9.17) is 10.6 Å². The minimum absolute atomic E-state index is 0.259. The number of rotatable bonds is 4. The fourth-order valence-electron chi connectivity index (χ4n) is 2.59. The Hall–Kier alpha value is -3.15. The molecule has 0 radical (unpaired) electrons. The maximum atomic E-state index is 12.4. The van der Waals surface area contributed by atoms with E-state index >= 15 is 0 Å². The maximum Gasteiger partial charge on any atom is 0.273 e. The Kier molecular flexibility index (Phi) is 4.29. The second-order valence-electron chi connectivity index (χ2n) is 5.54. The molecule has 0 saturated heterocycles. The van der Waals surface area contributed by atoms with Crippen LogP contribution >= 0.6 is 0 Å². The summed E-state index contributed by atoms with van der Waals surface area (Å²) in [6.07, 6.45) is 0.134. The highest BCUT2D eigenvalue weighted by atomic mass is 16.6. The zero-order valence-electron chi connectivity index (χ0n) is 13.2. The van der Waals surface area contributed by atoms with E-state index in [-0.39, 0.29) is 12.0 Å². The van der Waals surface area contributed by atoms with Gasteiger partial charge in [0, 0.05) is 17.7 Å². The molecule has 0 aliphatic carbocycles. The molecule has 1 aliphatic heterocycles. The Balaban J connectivity index is 1.71. The first kappa shape index (κ1) is 15.7. The Morgan fingerprint density at radius 1 is 1.17 bits per heavy atom. The summed E-state index contributed by atoms with van der Waals surface area (Å²) in [5, 5.41) is 6.65. The lowest BCUT2D eigenvalue weighted by Crippen LogP contribution is -2.23. The van der Waals surface area contributed by atoms with Crippen molar-refractivity contribution in [2.75, 3.05) is 5.32 Å². The van der Waals surface area contributed by atoms with Crippen LogP contribution in [0.3, 0.4) is 0 Å². The molecule has 1 atom stereocenters. The van der Waals surface area contributed by atoms with Gasteiger partial charge in [0.2, 0.25) is 5.91 Å². The van der Waals surface area contributed by atoms with E-state index < -0.39 is 5.91 Å². The van der Waals surface area contributed by atoms with Crippen LogP contribution in [-0.4, -0.2) is 17.5 Å². The summed E-state index contributed by atoms with van der Waals surface area (Å²) in [5.41, 5.74) is 8.13. The van der Waals surface area contributed by atoms with Crippen LogP contribution < -0.4 is 11.1 Å². The number of carbonyl (C=O) groups excluding carboxylic acids is 2. The summed E-state index contributed by atoms with van der Waals surface area (Å²) >= 11 is 0. The van der Waals surface area contributed by atoms with Crippen LogP contribution in [0.4, 0.5) is 5.69 Å². The first-order valence-corrected chi connectivity index (χ1v) is 7.54. The molecule has 1 heterocycles. The number of hydrogen-bond donors (Lipinski definition) is 2. The molecule has 3 rings (SSSR count). The third-order valence-corrected chi connectivity index (χ3v) is 3.95. The van der Waals surface area contributed by atoms with Crippen molar-refractivity contribution in [3.63, 3.8) is 0 Å². The summed E-state index contributed by atoms with van der Waals surface area (Å²) in [4.78, 5) is 29.1. The van der Waals surface area contributed by atoms with E-state index in [1.54, 1.807) is 25.1 Å². The predicted octanol–water partition coefficient (Wildman–Crippen LogP) is 2.55. The zero-order valence-corrected chi connectivity index (χ0v) is 13.2. The van der Waals surface area contributed by atoms with Gasteiger partial charge in [-0.15, -0.1) is 0 Å². The normalized spacial score (nSPS) is 16.2. The first-order chi connectivity index (χ1) is 11.6. The molecule has 2 aromatic carbocycles. The van der Waals surface area contributed by atoms with E-state index in [0.29, 0.717) is 28.9 Å². The number of amides is 2. The van der Waals surface area contributed by atoms with E-state index in [0.717, 1.165) is 5.56 Å². The van der Waals surface area contributed by atoms with Gasteiger partial charge < -0.3 is 15.9 Å². The smallest absolute Gasteiger partial charge is 0.273 e. The number of nitrogens with one attached hydrogen (secondary N) is 1. The standard InChI is InChI=1S/C18H17N3O3/c1-11-13(17(19)22)8-5-9-14(11)20-18(23)15-10-16(24-21-15)12-6-3-2-4-7-12/h2-9,16H,10H2,1H3,(H2,19,22)(H,20,23).